The average molecular weight is 506 g/mol. The summed E-state index contributed by atoms with van der Waals surface area (Å²) in [7, 11) is -5.54. The van der Waals surface area contributed by atoms with Crippen LogP contribution in [0.1, 0.15) is 28.9 Å². The Morgan fingerprint density at radius 2 is 1.74 bits per heavy atom. The van der Waals surface area contributed by atoms with Crippen LogP contribution in [0.4, 0.5) is 24.5 Å². The lowest BCUT2D eigenvalue weighted by Gasteiger charge is -2.34. The summed E-state index contributed by atoms with van der Waals surface area (Å²) in [4.78, 5) is 10.5. The van der Waals surface area contributed by atoms with Crippen LogP contribution in [0.2, 0.25) is 0 Å². The van der Waals surface area contributed by atoms with E-state index in [0.29, 0.717) is 45.5 Å². The molecular weight excluding hydrogens is 479 g/mol. The molecule has 2 heterocycles. The highest BCUT2D eigenvalue weighted by Gasteiger charge is 2.51. The third kappa shape index (κ3) is 5.40. The van der Waals surface area contributed by atoms with Gasteiger partial charge in [0.25, 0.3) is 0 Å². The minimum atomic E-state index is -5.54. The Balaban J connectivity index is 1.78. The van der Waals surface area contributed by atoms with Crippen LogP contribution in [0.15, 0.2) is 60.9 Å². The molecule has 0 saturated heterocycles. The number of hydrogen-bond acceptors (Lipinski definition) is 6. The number of hydrogen-bond donors (Lipinski definition) is 1. The molecule has 2 aromatic carbocycles. The van der Waals surface area contributed by atoms with E-state index < -0.39 is 21.6 Å². The van der Waals surface area contributed by atoms with Crippen LogP contribution in [-0.2, 0) is 29.5 Å². The van der Waals surface area contributed by atoms with Gasteiger partial charge in [0, 0.05) is 24.8 Å². The Morgan fingerprint density at radius 3 is 2.40 bits per heavy atom. The van der Waals surface area contributed by atoms with E-state index in [4.69, 9.17) is 5.73 Å². The second-order valence-corrected chi connectivity index (χ2v) is 10.5. The standard InChI is InChI=1S/C24H26F3N5O2S/c1-17-6-5-9-22-21(17)15-31(35(33,34)24(25,26)27)14-20(11-10-18-7-3-2-4-8-18)32(22)16-23-29-12-19(28)13-30-23/h2-9,12-13,20H,10-11,14-16,28H2,1H3. The van der Waals surface area contributed by atoms with Gasteiger partial charge in [-0.15, -0.1) is 0 Å². The van der Waals surface area contributed by atoms with Gasteiger partial charge in [-0.1, -0.05) is 42.5 Å². The maximum atomic E-state index is 13.6. The molecular formula is C24H26F3N5O2S. The Bertz CT molecular complexity index is 1270. The third-order valence-electron chi connectivity index (χ3n) is 6.16. The molecule has 0 radical (unpaired) electrons. The predicted molar refractivity (Wildman–Crippen MR) is 128 cm³/mol. The predicted octanol–water partition coefficient (Wildman–Crippen LogP) is 4.04. The van der Waals surface area contributed by atoms with E-state index in [1.54, 1.807) is 19.1 Å². The molecule has 1 aliphatic rings. The first kappa shape index (κ1) is 24.9. The second-order valence-electron chi connectivity index (χ2n) is 8.55. The fourth-order valence-electron chi connectivity index (χ4n) is 4.30. The molecule has 0 amide bonds. The van der Waals surface area contributed by atoms with Crippen LogP contribution in [0.25, 0.3) is 0 Å². The lowest BCUT2D eigenvalue weighted by atomic mass is 10.0. The zero-order valence-corrected chi connectivity index (χ0v) is 19.9. The summed E-state index contributed by atoms with van der Waals surface area (Å²) in [5, 5.41) is 0. The van der Waals surface area contributed by atoms with Crippen LogP contribution in [-0.4, -0.2) is 40.8 Å². The van der Waals surface area contributed by atoms with Crippen LogP contribution >= 0.6 is 0 Å². The molecule has 0 fully saturated rings. The number of halogens is 3. The second kappa shape index (κ2) is 9.82. The number of sulfonamides is 1. The molecule has 1 unspecified atom stereocenters. The normalized spacial score (nSPS) is 17.1. The van der Waals surface area contributed by atoms with Gasteiger partial charge in [-0.2, -0.15) is 17.5 Å². The number of nitrogens with zero attached hydrogens (tertiary/aromatic N) is 4. The fraction of sp³-hybridized carbons (Fsp3) is 0.333. The van der Waals surface area contributed by atoms with Gasteiger partial charge in [-0.05, 0) is 42.5 Å². The highest BCUT2D eigenvalue weighted by molar-refractivity contribution is 7.89. The molecule has 3 aromatic rings. The zero-order valence-electron chi connectivity index (χ0n) is 19.1. The topological polar surface area (TPSA) is 92.4 Å². The Kier molecular flexibility index (Phi) is 7.00. The van der Waals surface area contributed by atoms with Gasteiger partial charge in [0.15, 0.2) is 0 Å². The first-order chi connectivity index (χ1) is 16.6. The van der Waals surface area contributed by atoms with Crippen LogP contribution < -0.4 is 10.6 Å². The van der Waals surface area contributed by atoms with Gasteiger partial charge in [-0.25, -0.2) is 18.4 Å². The van der Waals surface area contributed by atoms with E-state index >= 15 is 0 Å². The summed E-state index contributed by atoms with van der Waals surface area (Å²) in [6.07, 6.45) is 3.93. The van der Waals surface area contributed by atoms with Gasteiger partial charge in [0.05, 0.1) is 24.6 Å². The monoisotopic (exact) mass is 505 g/mol. The quantitative estimate of drug-likeness (QED) is 0.544. The summed E-state index contributed by atoms with van der Waals surface area (Å²) < 4.78 is 66.5. The average Bonchev–Trinajstić information content (AvgIpc) is 2.97. The van der Waals surface area contributed by atoms with E-state index in [0.717, 1.165) is 5.56 Å². The first-order valence-corrected chi connectivity index (χ1v) is 12.5. The van der Waals surface area contributed by atoms with E-state index in [9.17, 15) is 21.6 Å². The van der Waals surface area contributed by atoms with Gasteiger partial charge >= 0.3 is 15.5 Å². The van der Waals surface area contributed by atoms with Crippen molar-refractivity contribution in [2.24, 2.45) is 0 Å². The number of rotatable bonds is 6. The minimum absolute atomic E-state index is 0.191. The summed E-state index contributed by atoms with van der Waals surface area (Å²) in [5.74, 6) is 0.434. The van der Waals surface area contributed by atoms with Gasteiger partial charge in [-0.3, -0.25) is 0 Å². The highest BCUT2D eigenvalue weighted by Crippen LogP contribution is 2.36. The molecule has 7 nitrogen and oxygen atoms in total. The van der Waals surface area contributed by atoms with E-state index in [-0.39, 0.29) is 19.6 Å². The molecule has 1 aromatic heterocycles. The molecule has 0 spiro atoms. The number of benzene rings is 2. The molecule has 0 saturated carbocycles. The molecule has 1 aliphatic heterocycles. The summed E-state index contributed by atoms with van der Waals surface area (Å²) in [5.41, 5.74) is 3.62. The van der Waals surface area contributed by atoms with Crippen LogP contribution in [0.5, 0.6) is 0 Å². The largest absolute Gasteiger partial charge is 0.511 e. The van der Waals surface area contributed by atoms with Crippen LogP contribution in [0.3, 0.4) is 0 Å². The summed E-state index contributed by atoms with van der Waals surface area (Å²) in [6, 6.07) is 14.4. The molecule has 11 heteroatoms. The number of anilines is 2. The van der Waals surface area contributed by atoms with Crippen molar-refractivity contribution in [3.05, 3.63) is 83.4 Å². The third-order valence-corrected chi connectivity index (χ3v) is 7.71. The first-order valence-electron chi connectivity index (χ1n) is 11.1. The Labute approximate surface area is 202 Å². The minimum Gasteiger partial charge on any atom is -0.396 e. The van der Waals surface area contributed by atoms with Gasteiger partial charge < -0.3 is 10.6 Å². The molecule has 0 aliphatic carbocycles. The van der Waals surface area contributed by atoms with Gasteiger partial charge in [0.1, 0.15) is 5.82 Å². The molecule has 35 heavy (non-hydrogen) atoms. The number of fused-ring (bicyclic) bond motifs is 1. The number of nitrogen functional groups attached to an aromatic ring is 1. The molecule has 0 bridgehead atoms. The zero-order chi connectivity index (χ0) is 25.2. The highest BCUT2D eigenvalue weighted by atomic mass is 32.2. The van der Waals surface area contributed by atoms with Crippen molar-refractivity contribution in [3.63, 3.8) is 0 Å². The smallest absolute Gasteiger partial charge is 0.396 e. The van der Waals surface area contributed by atoms with Crippen molar-refractivity contribution >= 4 is 21.4 Å². The van der Waals surface area contributed by atoms with Crippen molar-refractivity contribution in [2.45, 2.75) is 44.4 Å². The molecule has 4 rings (SSSR count). The van der Waals surface area contributed by atoms with Crippen molar-refractivity contribution in [3.8, 4) is 0 Å². The van der Waals surface area contributed by atoms with E-state index in [1.165, 1.54) is 12.4 Å². The van der Waals surface area contributed by atoms with Crippen LogP contribution in [0, 0.1) is 6.92 Å². The Hall–Kier alpha value is -3.18. The molecule has 1 atom stereocenters. The number of aryl methyl sites for hydroxylation is 2. The number of nitrogens with two attached hydrogens (primary N) is 1. The van der Waals surface area contributed by atoms with Crippen molar-refractivity contribution in [1.29, 1.82) is 0 Å². The number of alkyl halides is 3. The van der Waals surface area contributed by atoms with E-state index in [2.05, 4.69) is 9.97 Å². The van der Waals surface area contributed by atoms with Crippen molar-refractivity contribution < 1.29 is 21.6 Å². The maximum absolute atomic E-state index is 13.6. The maximum Gasteiger partial charge on any atom is 0.511 e. The van der Waals surface area contributed by atoms with Crippen molar-refractivity contribution in [2.75, 3.05) is 17.2 Å². The Morgan fingerprint density at radius 1 is 1.06 bits per heavy atom. The van der Waals surface area contributed by atoms with Crippen molar-refractivity contribution in [1.82, 2.24) is 14.3 Å². The SMILES string of the molecule is Cc1cccc2c1CN(S(=O)(=O)C(F)(F)F)CC(CCc1ccccc1)N2Cc1ncc(N)cn1. The fourth-order valence-corrected chi connectivity index (χ4v) is 5.26. The summed E-state index contributed by atoms with van der Waals surface area (Å²) >= 11 is 0. The van der Waals surface area contributed by atoms with Gasteiger partial charge in [0.2, 0.25) is 0 Å². The molecule has 186 valence electrons. The van der Waals surface area contributed by atoms with E-state index in [1.807, 2.05) is 41.3 Å². The summed E-state index contributed by atoms with van der Waals surface area (Å²) in [6.45, 7) is 1.26. The lowest BCUT2D eigenvalue weighted by molar-refractivity contribution is -0.0492. The molecule has 2 N–H and O–H groups in total. The number of aromatic nitrogens is 2. The lowest BCUT2D eigenvalue weighted by Crippen LogP contribution is -2.47.